The largest absolute Gasteiger partial charge is 0.441 e. The number of alkyl halides is 3. The maximum absolute atomic E-state index is 12.9. The average molecular weight is 410 g/mol. The van der Waals surface area contributed by atoms with Crippen molar-refractivity contribution in [2.24, 2.45) is 5.73 Å². The summed E-state index contributed by atoms with van der Waals surface area (Å²) in [5, 5.41) is 2.84. The van der Waals surface area contributed by atoms with Gasteiger partial charge in [0.15, 0.2) is 5.69 Å². The van der Waals surface area contributed by atoms with Gasteiger partial charge in [-0.3, -0.25) is 14.5 Å². The number of hydrogen-bond donors (Lipinski definition) is 2. The van der Waals surface area contributed by atoms with Crippen LogP contribution in [0.1, 0.15) is 34.7 Å². The molecule has 0 radical (unpaired) electrons. The summed E-state index contributed by atoms with van der Waals surface area (Å²) in [6.07, 6.45) is -2.96. The van der Waals surface area contributed by atoms with E-state index in [1.165, 1.54) is 19.1 Å². The van der Waals surface area contributed by atoms with Crippen LogP contribution in [0, 0.1) is 6.92 Å². The lowest BCUT2D eigenvalue weighted by Crippen LogP contribution is -2.49. The van der Waals surface area contributed by atoms with Gasteiger partial charge >= 0.3 is 6.18 Å². The molecule has 0 saturated carbocycles. The summed E-state index contributed by atoms with van der Waals surface area (Å²) >= 11 is 0. The first kappa shape index (κ1) is 20.8. The number of rotatable bonds is 5. The first-order chi connectivity index (χ1) is 13.6. The van der Waals surface area contributed by atoms with Crippen molar-refractivity contribution in [1.82, 2.24) is 15.2 Å². The van der Waals surface area contributed by atoms with Crippen LogP contribution >= 0.6 is 0 Å². The third kappa shape index (κ3) is 5.14. The van der Waals surface area contributed by atoms with E-state index in [1.54, 1.807) is 0 Å². The molecule has 156 valence electrons. The molecule has 1 fully saturated rings. The summed E-state index contributed by atoms with van der Waals surface area (Å²) in [5.74, 6) is -0.761. The Labute approximate surface area is 165 Å². The number of halogens is 3. The Morgan fingerprint density at radius 2 is 2.14 bits per heavy atom. The topological polar surface area (TPSA) is 101 Å². The Morgan fingerprint density at radius 1 is 1.38 bits per heavy atom. The van der Waals surface area contributed by atoms with Crippen molar-refractivity contribution in [3.8, 4) is 11.5 Å². The van der Waals surface area contributed by atoms with E-state index in [0.717, 1.165) is 31.5 Å². The average Bonchev–Trinajstić information content (AvgIpc) is 3.03. The van der Waals surface area contributed by atoms with Crippen LogP contribution in [0.4, 0.5) is 13.2 Å². The summed E-state index contributed by atoms with van der Waals surface area (Å²) in [5.41, 5.74) is 4.54. The molecule has 1 unspecified atom stereocenters. The van der Waals surface area contributed by atoms with E-state index in [1.807, 2.05) is 4.90 Å². The molecule has 0 aliphatic carbocycles. The number of piperidine rings is 1. The molecule has 1 aliphatic rings. The lowest BCUT2D eigenvalue weighted by molar-refractivity contribution is -0.137. The van der Waals surface area contributed by atoms with E-state index in [4.69, 9.17) is 10.2 Å². The Kier molecular flexibility index (Phi) is 5.92. The lowest BCUT2D eigenvalue weighted by atomic mass is 10.1. The number of nitrogens with one attached hydrogen (secondary N) is 1. The Hall–Kier alpha value is -2.88. The number of hydrogen-bond acceptors (Lipinski definition) is 5. The third-order valence-electron chi connectivity index (χ3n) is 4.67. The Balaban J connectivity index is 1.73. The molecule has 1 atom stereocenters. The van der Waals surface area contributed by atoms with Crippen molar-refractivity contribution in [2.75, 3.05) is 19.6 Å². The molecule has 2 aromatic rings. The monoisotopic (exact) mass is 410 g/mol. The SMILES string of the molecule is Cc1oc(-c2cccc(C(F)(F)F)c2)nc1C(=O)NC1CCCN(CC(N)=O)C1. The maximum Gasteiger partial charge on any atom is 0.416 e. The summed E-state index contributed by atoms with van der Waals surface area (Å²) < 4.78 is 44.2. The van der Waals surface area contributed by atoms with Crippen molar-refractivity contribution in [3.63, 3.8) is 0 Å². The molecule has 2 amide bonds. The van der Waals surface area contributed by atoms with E-state index in [9.17, 15) is 22.8 Å². The fourth-order valence-corrected chi connectivity index (χ4v) is 3.35. The van der Waals surface area contributed by atoms with Crippen molar-refractivity contribution >= 4 is 11.8 Å². The zero-order valence-electron chi connectivity index (χ0n) is 15.8. The number of oxazole rings is 1. The molecule has 0 bridgehead atoms. The quantitative estimate of drug-likeness (QED) is 0.788. The second kappa shape index (κ2) is 8.24. The molecule has 1 saturated heterocycles. The molecule has 10 heteroatoms. The number of benzene rings is 1. The van der Waals surface area contributed by atoms with Gasteiger partial charge in [-0.05, 0) is 44.5 Å². The molecule has 3 rings (SSSR count). The van der Waals surface area contributed by atoms with Crippen LogP contribution in [-0.2, 0) is 11.0 Å². The molecule has 1 aromatic heterocycles. The molecule has 29 heavy (non-hydrogen) atoms. The number of carbonyl (C=O) groups is 2. The third-order valence-corrected chi connectivity index (χ3v) is 4.67. The number of likely N-dealkylation sites (tertiary alicyclic amines) is 1. The first-order valence-corrected chi connectivity index (χ1v) is 9.10. The Bertz CT molecular complexity index is 910. The van der Waals surface area contributed by atoms with Gasteiger partial charge in [0.25, 0.3) is 5.91 Å². The molecular formula is C19H21F3N4O3. The number of nitrogens with two attached hydrogens (primary N) is 1. The van der Waals surface area contributed by atoms with Gasteiger partial charge in [-0.15, -0.1) is 0 Å². The smallest absolute Gasteiger partial charge is 0.416 e. The minimum atomic E-state index is -4.49. The van der Waals surface area contributed by atoms with Gasteiger partial charge in [0.2, 0.25) is 11.8 Å². The van der Waals surface area contributed by atoms with Crippen molar-refractivity contribution in [2.45, 2.75) is 32.0 Å². The zero-order chi connectivity index (χ0) is 21.2. The van der Waals surface area contributed by atoms with Gasteiger partial charge in [-0.25, -0.2) is 4.98 Å². The molecule has 1 aliphatic heterocycles. The van der Waals surface area contributed by atoms with Crippen LogP contribution < -0.4 is 11.1 Å². The Morgan fingerprint density at radius 3 is 2.83 bits per heavy atom. The molecule has 1 aromatic carbocycles. The highest BCUT2D eigenvalue weighted by Crippen LogP contribution is 2.32. The highest BCUT2D eigenvalue weighted by Gasteiger charge is 2.31. The minimum absolute atomic E-state index is 0.0180. The highest BCUT2D eigenvalue weighted by molar-refractivity contribution is 5.94. The van der Waals surface area contributed by atoms with E-state index < -0.39 is 23.6 Å². The number of primary amides is 1. The van der Waals surface area contributed by atoms with Gasteiger partial charge in [0, 0.05) is 18.2 Å². The minimum Gasteiger partial charge on any atom is -0.441 e. The molecule has 3 N–H and O–H groups in total. The molecular weight excluding hydrogens is 389 g/mol. The van der Waals surface area contributed by atoms with E-state index in [-0.39, 0.29) is 35.5 Å². The van der Waals surface area contributed by atoms with Gasteiger partial charge in [0.1, 0.15) is 5.76 Å². The maximum atomic E-state index is 12.9. The van der Waals surface area contributed by atoms with Crippen LogP contribution in [0.15, 0.2) is 28.7 Å². The van der Waals surface area contributed by atoms with Crippen LogP contribution in [0.5, 0.6) is 0 Å². The van der Waals surface area contributed by atoms with Crippen LogP contribution in [0.25, 0.3) is 11.5 Å². The van der Waals surface area contributed by atoms with E-state index >= 15 is 0 Å². The second-order valence-electron chi connectivity index (χ2n) is 7.02. The first-order valence-electron chi connectivity index (χ1n) is 9.10. The summed E-state index contributed by atoms with van der Waals surface area (Å²) in [6, 6.07) is 4.38. The van der Waals surface area contributed by atoms with E-state index in [0.29, 0.717) is 6.54 Å². The number of amides is 2. The van der Waals surface area contributed by atoms with Gasteiger partial charge in [-0.1, -0.05) is 6.07 Å². The van der Waals surface area contributed by atoms with Crippen molar-refractivity contribution in [3.05, 3.63) is 41.3 Å². The predicted molar refractivity (Wildman–Crippen MR) is 97.8 cm³/mol. The summed E-state index contributed by atoms with van der Waals surface area (Å²) in [6.45, 7) is 2.85. The van der Waals surface area contributed by atoms with Crippen LogP contribution in [-0.4, -0.2) is 47.4 Å². The van der Waals surface area contributed by atoms with Gasteiger partial charge in [0.05, 0.1) is 12.1 Å². The number of aromatic nitrogens is 1. The molecule has 7 nitrogen and oxygen atoms in total. The highest BCUT2D eigenvalue weighted by atomic mass is 19.4. The standard InChI is InChI=1S/C19H21F3N4O3/c1-11-16(17(28)24-14-6-3-7-26(9-14)10-15(23)27)25-18(29-11)12-4-2-5-13(8-12)19(20,21)22/h2,4-5,8,14H,3,6-7,9-10H2,1H3,(H2,23,27)(H,24,28). The van der Waals surface area contributed by atoms with Crippen molar-refractivity contribution < 1.29 is 27.2 Å². The summed E-state index contributed by atoms with van der Waals surface area (Å²) in [4.78, 5) is 29.7. The number of nitrogens with zero attached hydrogens (tertiary/aromatic N) is 2. The van der Waals surface area contributed by atoms with E-state index in [2.05, 4.69) is 10.3 Å². The molecule has 0 spiro atoms. The lowest BCUT2D eigenvalue weighted by Gasteiger charge is -2.32. The summed E-state index contributed by atoms with van der Waals surface area (Å²) in [7, 11) is 0. The van der Waals surface area contributed by atoms with Gasteiger partial charge in [-0.2, -0.15) is 13.2 Å². The second-order valence-corrected chi connectivity index (χ2v) is 7.02. The van der Waals surface area contributed by atoms with Gasteiger partial charge < -0.3 is 15.5 Å². The normalized spacial score (nSPS) is 17.9. The van der Waals surface area contributed by atoms with Crippen LogP contribution in [0.3, 0.4) is 0 Å². The number of carbonyl (C=O) groups excluding carboxylic acids is 2. The predicted octanol–water partition coefficient (Wildman–Crippen LogP) is 2.35. The zero-order valence-corrected chi connectivity index (χ0v) is 15.8. The number of aryl methyl sites for hydroxylation is 1. The van der Waals surface area contributed by atoms with Crippen LogP contribution in [0.2, 0.25) is 0 Å². The fraction of sp³-hybridized carbons (Fsp3) is 0.421. The molecule has 2 heterocycles. The van der Waals surface area contributed by atoms with Crippen molar-refractivity contribution in [1.29, 1.82) is 0 Å². The fourth-order valence-electron chi connectivity index (χ4n) is 3.35.